The molecule has 1 rings (SSSR count). The Morgan fingerprint density at radius 3 is 2.10 bits per heavy atom. The summed E-state index contributed by atoms with van der Waals surface area (Å²) in [5.41, 5.74) is 0. The van der Waals surface area contributed by atoms with Gasteiger partial charge in [0.05, 0.1) is 12.7 Å². The van der Waals surface area contributed by atoms with Gasteiger partial charge in [0, 0.05) is 6.61 Å². The third kappa shape index (κ3) is 6.35. The molecule has 0 radical (unpaired) electrons. The third-order valence-electron chi connectivity index (χ3n) is 2.86. The fraction of sp³-hybridized carbons (Fsp3) is 1.00. The minimum absolute atomic E-state index is 0. The zero-order chi connectivity index (χ0) is 14.6. The predicted molar refractivity (Wildman–Crippen MR) is 68.1 cm³/mol. The molecule has 0 aromatic heterocycles. The van der Waals surface area contributed by atoms with E-state index in [1.54, 1.807) is 0 Å². The second kappa shape index (κ2) is 9.14. The van der Waals surface area contributed by atoms with Gasteiger partial charge in [0.2, 0.25) is 0 Å². The molecule has 1 saturated heterocycles. The molecular formula is C9H20NaO9P. The van der Waals surface area contributed by atoms with Crippen LogP contribution < -0.4 is 0 Å². The van der Waals surface area contributed by atoms with Crippen LogP contribution in [0.4, 0.5) is 0 Å². The topological polar surface area (TPSA) is 157 Å². The summed E-state index contributed by atoms with van der Waals surface area (Å²) in [5, 5.41) is 37.6. The Morgan fingerprint density at radius 2 is 1.60 bits per heavy atom. The molecule has 0 bridgehead atoms. The summed E-state index contributed by atoms with van der Waals surface area (Å²) in [5.74, 6) is 0. The van der Waals surface area contributed by atoms with Gasteiger partial charge in [-0.3, -0.25) is 4.52 Å². The van der Waals surface area contributed by atoms with Crippen LogP contribution in [0.25, 0.3) is 0 Å². The van der Waals surface area contributed by atoms with Crippen LogP contribution in [-0.2, 0) is 13.8 Å². The van der Waals surface area contributed by atoms with Gasteiger partial charge in [0.1, 0.15) is 24.4 Å². The van der Waals surface area contributed by atoms with Crippen molar-refractivity contribution in [1.29, 1.82) is 0 Å². The number of rotatable bonds is 6. The van der Waals surface area contributed by atoms with Crippen molar-refractivity contribution in [2.75, 3.05) is 13.2 Å². The number of phosphoric ester groups is 1. The van der Waals surface area contributed by atoms with E-state index < -0.39 is 44.9 Å². The van der Waals surface area contributed by atoms with Gasteiger partial charge < -0.3 is 34.9 Å². The molecule has 5 unspecified atom stereocenters. The summed E-state index contributed by atoms with van der Waals surface area (Å²) in [4.78, 5) is 17.1. The van der Waals surface area contributed by atoms with Gasteiger partial charge in [0.15, 0.2) is 0 Å². The van der Waals surface area contributed by atoms with Gasteiger partial charge in [-0.15, -0.1) is 0 Å². The Balaban J connectivity index is 0.00000361. The third-order valence-corrected chi connectivity index (χ3v) is 3.35. The normalized spacial score (nSPS) is 34.6. The summed E-state index contributed by atoms with van der Waals surface area (Å²) >= 11 is 0. The molecule has 9 nitrogen and oxygen atoms in total. The molecule has 1 fully saturated rings. The SMILES string of the molecule is O=P(O)(O)OCC1OC(CCCO)C(O)C(O)C1O.[NaH]. The van der Waals surface area contributed by atoms with E-state index in [1.807, 2.05) is 0 Å². The van der Waals surface area contributed by atoms with Crippen LogP contribution in [0.3, 0.4) is 0 Å². The quantitative estimate of drug-likeness (QED) is 0.222. The van der Waals surface area contributed by atoms with E-state index in [9.17, 15) is 19.9 Å². The first-order valence-corrected chi connectivity index (χ1v) is 7.30. The van der Waals surface area contributed by atoms with Crippen LogP contribution in [0.2, 0.25) is 0 Å². The van der Waals surface area contributed by atoms with Crippen molar-refractivity contribution in [2.24, 2.45) is 0 Å². The molecule has 0 aromatic carbocycles. The van der Waals surface area contributed by atoms with Crippen molar-refractivity contribution >= 4 is 37.4 Å². The summed E-state index contributed by atoms with van der Waals surface area (Å²) in [6.07, 6.45) is -5.85. The van der Waals surface area contributed by atoms with Crippen molar-refractivity contribution < 1.29 is 44.0 Å². The van der Waals surface area contributed by atoms with Crippen molar-refractivity contribution in [3.8, 4) is 0 Å². The summed E-state index contributed by atoms with van der Waals surface area (Å²) in [6, 6.07) is 0. The standard InChI is InChI=1S/C9H19O9P.Na.H/c10-3-1-2-5-7(11)9(13)8(12)6(18-5)4-17-19(14,15)16;;/h5-13H,1-4H2,(H2,14,15,16);;. The Bertz CT molecular complexity index is 325. The molecule has 20 heavy (non-hydrogen) atoms. The molecule has 1 heterocycles. The molecule has 0 aliphatic carbocycles. The number of phosphoric acid groups is 1. The first-order chi connectivity index (χ1) is 8.76. The number of ether oxygens (including phenoxy) is 1. The van der Waals surface area contributed by atoms with Crippen molar-refractivity contribution in [1.82, 2.24) is 0 Å². The molecule has 11 heteroatoms. The minimum atomic E-state index is -4.71. The maximum absolute atomic E-state index is 10.6. The van der Waals surface area contributed by atoms with Crippen LogP contribution in [0, 0.1) is 0 Å². The molecule has 116 valence electrons. The zero-order valence-corrected chi connectivity index (χ0v) is 11.0. The molecule has 0 saturated carbocycles. The molecule has 1 aliphatic rings. The summed E-state index contributed by atoms with van der Waals surface area (Å²) in [7, 11) is -4.71. The van der Waals surface area contributed by atoms with Gasteiger partial charge in [-0.05, 0) is 12.8 Å². The molecule has 5 atom stereocenters. The monoisotopic (exact) mass is 326 g/mol. The summed E-state index contributed by atoms with van der Waals surface area (Å²) < 4.78 is 20.0. The zero-order valence-electron chi connectivity index (χ0n) is 10.1. The van der Waals surface area contributed by atoms with Crippen LogP contribution in [-0.4, -0.2) is 104 Å². The van der Waals surface area contributed by atoms with E-state index in [0.717, 1.165) is 0 Å². The molecule has 0 aromatic rings. The van der Waals surface area contributed by atoms with Gasteiger partial charge >= 0.3 is 37.4 Å². The maximum atomic E-state index is 10.6. The second-order valence-corrected chi connectivity index (χ2v) is 5.58. The van der Waals surface area contributed by atoms with E-state index in [4.69, 9.17) is 19.6 Å². The van der Waals surface area contributed by atoms with E-state index in [2.05, 4.69) is 4.52 Å². The number of hydrogen-bond donors (Lipinski definition) is 6. The molecule has 0 amide bonds. The predicted octanol–water partition coefficient (Wildman–Crippen LogP) is -2.93. The molecular weight excluding hydrogens is 306 g/mol. The van der Waals surface area contributed by atoms with E-state index in [-0.39, 0.29) is 42.6 Å². The Labute approximate surface area is 138 Å². The van der Waals surface area contributed by atoms with Crippen molar-refractivity contribution in [2.45, 2.75) is 43.4 Å². The average Bonchev–Trinajstić information content (AvgIpc) is 2.33. The Morgan fingerprint density at radius 1 is 1.05 bits per heavy atom. The van der Waals surface area contributed by atoms with E-state index in [1.165, 1.54) is 0 Å². The second-order valence-electron chi connectivity index (χ2n) is 4.34. The first-order valence-electron chi connectivity index (χ1n) is 5.77. The molecule has 6 N–H and O–H groups in total. The Kier molecular flexibility index (Phi) is 9.56. The number of aliphatic hydroxyl groups excluding tert-OH is 4. The van der Waals surface area contributed by atoms with Crippen molar-refractivity contribution in [3.05, 3.63) is 0 Å². The fourth-order valence-corrected chi connectivity index (χ4v) is 2.21. The molecule has 1 aliphatic heterocycles. The van der Waals surface area contributed by atoms with Gasteiger partial charge in [-0.2, -0.15) is 0 Å². The van der Waals surface area contributed by atoms with Crippen LogP contribution in [0.1, 0.15) is 12.8 Å². The van der Waals surface area contributed by atoms with Crippen LogP contribution in [0.15, 0.2) is 0 Å². The number of aliphatic hydroxyl groups is 4. The molecule has 0 spiro atoms. The van der Waals surface area contributed by atoms with Gasteiger partial charge in [-0.25, -0.2) is 4.57 Å². The van der Waals surface area contributed by atoms with E-state index >= 15 is 0 Å². The summed E-state index contributed by atoms with van der Waals surface area (Å²) in [6.45, 7) is -0.750. The van der Waals surface area contributed by atoms with Crippen LogP contribution in [0.5, 0.6) is 0 Å². The van der Waals surface area contributed by atoms with Crippen LogP contribution >= 0.6 is 7.82 Å². The van der Waals surface area contributed by atoms with Crippen molar-refractivity contribution in [3.63, 3.8) is 0 Å². The average molecular weight is 326 g/mol. The first kappa shape index (κ1) is 20.9. The van der Waals surface area contributed by atoms with E-state index in [0.29, 0.717) is 6.42 Å². The Hall–Kier alpha value is 0.910. The number of hydrogen-bond acceptors (Lipinski definition) is 7. The van der Waals surface area contributed by atoms with Gasteiger partial charge in [0.25, 0.3) is 0 Å². The van der Waals surface area contributed by atoms with Gasteiger partial charge in [-0.1, -0.05) is 0 Å². The fourth-order valence-electron chi connectivity index (χ4n) is 1.87.